The van der Waals surface area contributed by atoms with Crippen LogP contribution >= 0.6 is 0 Å². The number of carbonyl (C=O) groups is 2. The van der Waals surface area contributed by atoms with Crippen LogP contribution in [-0.2, 0) is 16.1 Å². The molecule has 10 nitrogen and oxygen atoms in total. The lowest BCUT2D eigenvalue weighted by molar-refractivity contribution is -0.00618. The maximum absolute atomic E-state index is 13.0. The van der Waals surface area contributed by atoms with Crippen molar-refractivity contribution >= 4 is 23.2 Å². The zero-order valence-electron chi connectivity index (χ0n) is 22.7. The van der Waals surface area contributed by atoms with Crippen LogP contribution < -0.4 is 15.1 Å². The van der Waals surface area contributed by atoms with Gasteiger partial charge < -0.3 is 33.2 Å². The van der Waals surface area contributed by atoms with Gasteiger partial charge in [0, 0.05) is 43.6 Å². The fraction of sp³-hybridized carbons (Fsp3) is 0.414. The summed E-state index contributed by atoms with van der Waals surface area (Å²) in [5.41, 5.74) is 0.141. The highest BCUT2D eigenvalue weighted by molar-refractivity contribution is 5.80. The van der Waals surface area contributed by atoms with Gasteiger partial charge in [-0.3, -0.25) is 0 Å². The zero-order chi connectivity index (χ0) is 28.0. The van der Waals surface area contributed by atoms with Crippen LogP contribution in [0.5, 0.6) is 11.5 Å². The van der Waals surface area contributed by atoms with Crippen molar-refractivity contribution < 1.29 is 33.0 Å². The van der Waals surface area contributed by atoms with Crippen LogP contribution in [0.1, 0.15) is 32.8 Å². The van der Waals surface area contributed by atoms with E-state index in [0.717, 1.165) is 5.56 Å². The van der Waals surface area contributed by atoms with Crippen LogP contribution in [0.3, 0.4) is 0 Å². The number of rotatable bonds is 7. The first-order chi connectivity index (χ1) is 18.6. The van der Waals surface area contributed by atoms with E-state index >= 15 is 0 Å². The molecule has 0 bridgehead atoms. The van der Waals surface area contributed by atoms with E-state index in [4.69, 9.17) is 23.4 Å². The molecule has 2 heterocycles. The van der Waals surface area contributed by atoms with Crippen molar-refractivity contribution in [3.63, 3.8) is 0 Å². The lowest BCUT2D eigenvalue weighted by Gasteiger charge is -2.41. The Bertz CT molecular complexity index is 1350. The minimum absolute atomic E-state index is 0.164. The monoisotopic (exact) mass is 538 g/mol. The van der Waals surface area contributed by atoms with Gasteiger partial charge in [-0.25, -0.2) is 14.4 Å². The van der Waals surface area contributed by atoms with Crippen molar-refractivity contribution in [2.75, 3.05) is 33.4 Å². The minimum atomic E-state index is -0.660. The molecule has 0 N–H and O–H groups in total. The molecular formula is C29H34N2O8. The number of piperazine rings is 1. The number of nitrogens with zero attached hydrogens (tertiary/aromatic N) is 2. The second-order valence-corrected chi connectivity index (χ2v) is 10.2. The molecule has 1 aromatic heterocycles. The summed E-state index contributed by atoms with van der Waals surface area (Å²) in [6.07, 6.45) is -0.489. The lowest BCUT2D eigenvalue weighted by Crippen LogP contribution is -2.57. The van der Waals surface area contributed by atoms with E-state index in [-0.39, 0.29) is 25.8 Å². The van der Waals surface area contributed by atoms with Gasteiger partial charge in [0.1, 0.15) is 17.8 Å². The number of hydrogen-bond donors (Lipinski definition) is 0. The maximum Gasteiger partial charge on any atom is 0.410 e. The van der Waals surface area contributed by atoms with Crippen LogP contribution in [0.4, 0.5) is 9.59 Å². The van der Waals surface area contributed by atoms with Crippen LogP contribution in [0.15, 0.2) is 63.8 Å². The first kappa shape index (κ1) is 27.8. The Hall–Kier alpha value is -4.21. The van der Waals surface area contributed by atoms with E-state index in [1.54, 1.807) is 28.0 Å². The van der Waals surface area contributed by atoms with Gasteiger partial charge >= 0.3 is 17.8 Å². The van der Waals surface area contributed by atoms with Crippen molar-refractivity contribution in [1.29, 1.82) is 0 Å². The summed E-state index contributed by atoms with van der Waals surface area (Å²) in [5, 5.41) is 0.701. The fourth-order valence-electron chi connectivity index (χ4n) is 4.29. The molecule has 0 spiro atoms. The van der Waals surface area contributed by atoms with Crippen LogP contribution in [-0.4, -0.2) is 67.0 Å². The number of ether oxygens (including phenoxy) is 4. The van der Waals surface area contributed by atoms with Crippen LogP contribution in [0.2, 0.25) is 0 Å². The van der Waals surface area contributed by atoms with Gasteiger partial charge in [0.15, 0.2) is 11.5 Å². The zero-order valence-corrected chi connectivity index (χ0v) is 22.7. The minimum Gasteiger partial charge on any atom is -0.493 e. The number of fused-ring (bicyclic) bond motifs is 1. The fourth-order valence-corrected chi connectivity index (χ4v) is 4.29. The van der Waals surface area contributed by atoms with Gasteiger partial charge in [0.2, 0.25) is 0 Å². The molecule has 10 heteroatoms. The summed E-state index contributed by atoms with van der Waals surface area (Å²) >= 11 is 0. The molecule has 39 heavy (non-hydrogen) atoms. The molecule has 0 unspecified atom stereocenters. The second-order valence-electron chi connectivity index (χ2n) is 10.2. The van der Waals surface area contributed by atoms with Gasteiger partial charge in [-0.05, 0) is 38.5 Å². The topological polar surface area (TPSA) is 108 Å². The molecule has 0 radical (unpaired) electrons. The number of hydrogen-bond acceptors (Lipinski definition) is 8. The molecular weight excluding hydrogens is 504 g/mol. The van der Waals surface area contributed by atoms with Crippen molar-refractivity contribution in [2.45, 2.75) is 45.4 Å². The van der Waals surface area contributed by atoms with Gasteiger partial charge in [-0.15, -0.1) is 0 Å². The Morgan fingerprint density at radius 3 is 2.49 bits per heavy atom. The average Bonchev–Trinajstić information content (AvgIpc) is 2.90. The molecule has 0 saturated carbocycles. The molecule has 208 valence electrons. The lowest BCUT2D eigenvalue weighted by atomic mass is 10.1. The number of carbonyl (C=O) groups excluding carboxylic acids is 2. The van der Waals surface area contributed by atoms with Crippen molar-refractivity contribution in [1.82, 2.24) is 9.80 Å². The molecule has 4 rings (SSSR count). The molecule has 1 saturated heterocycles. The third-order valence-corrected chi connectivity index (χ3v) is 6.19. The quantitative estimate of drug-likeness (QED) is 0.394. The van der Waals surface area contributed by atoms with E-state index in [0.29, 0.717) is 42.0 Å². The summed E-state index contributed by atoms with van der Waals surface area (Å²) in [7, 11) is 1.53. The van der Waals surface area contributed by atoms with Gasteiger partial charge in [0.25, 0.3) is 0 Å². The van der Waals surface area contributed by atoms with Gasteiger partial charge in [-0.2, -0.15) is 0 Å². The van der Waals surface area contributed by atoms with E-state index in [1.807, 2.05) is 51.1 Å². The van der Waals surface area contributed by atoms with Crippen LogP contribution in [0.25, 0.3) is 11.0 Å². The summed E-state index contributed by atoms with van der Waals surface area (Å²) in [4.78, 5) is 40.7. The summed E-state index contributed by atoms with van der Waals surface area (Å²) in [6.45, 7) is 6.68. The molecule has 1 fully saturated rings. The Kier molecular flexibility index (Phi) is 8.63. The average molecular weight is 539 g/mol. The molecule has 0 aliphatic carbocycles. The van der Waals surface area contributed by atoms with E-state index < -0.39 is 23.4 Å². The smallest absolute Gasteiger partial charge is 0.410 e. The Labute approximate surface area is 227 Å². The Morgan fingerprint density at radius 2 is 1.77 bits per heavy atom. The number of amides is 2. The largest absolute Gasteiger partial charge is 0.493 e. The predicted molar refractivity (Wildman–Crippen MR) is 144 cm³/mol. The van der Waals surface area contributed by atoms with E-state index in [2.05, 4.69) is 0 Å². The van der Waals surface area contributed by atoms with Crippen LogP contribution in [0, 0.1) is 0 Å². The SMILES string of the molecule is COc1cc2ccc(=O)oc2cc1OCC[C@@H]1CN(C(=O)OCc2ccccc2)CCN1C(=O)OC(C)(C)C. The highest BCUT2D eigenvalue weighted by Gasteiger charge is 2.35. The van der Waals surface area contributed by atoms with Crippen molar-refractivity contribution in [2.24, 2.45) is 0 Å². The standard InChI is InChI=1S/C29H34N2O8/c1-29(2,3)39-28(34)31-14-13-30(27(33)37-19-20-8-6-5-7-9-20)18-22(31)12-15-36-25-17-23-21(16-24(25)35-4)10-11-26(32)38-23/h5-11,16-17,22H,12-15,18-19H2,1-4H3/t22-/m1/s1. The van der Waals surface area contributed by atoms with Crippen molar-refractivity contribution in [3.8, 4) is 11.5 Å². The molecule has 1 aliphatic rings. The van der Waals surface area contributed by atoms with Gasteiger partial charge in [-0.1, -0.05) is 30.3 Å². The molecule has 2 aromatic carbocycles. The van der Waals surface area contributed by atoms with Gasteiger partial charge in [0.05, 0.1) is 19.8 Å². The molecule has 1 atom stereocenters. The molecule has 2 amide bonds. The third kappa shape index (κ3) is 7.43. The third-order valence-electron chi connectivity index (χ3n) is 6.19. The van der Waals surface area contributed by atoms with E-state index in [1.165, 1.54) is 13.2 Å². The first-order valence-electron chi connectivity index (χ1n) is 12.8. The number of benzene rings is 2. The molecule has 3 aromatic rings. The van der Waals surface area contributed by atoms with Crippen molar-refractivity contribution in [3.05, 3.63) is 70.6 Å². The second kappa shape index (κ2) is 12.1. The Morgan fingerprint density at radius 1 is 1.00 bits per heavy atom. The summed E-state index contributed by atoms with van der Waals surface area (Å²) in [5.74, 6) is 0.883. The highest BCUT2D eigenvalue weighted by atomic mass is 16.6. The Balaban J connectivity index is 1.45. The number of methoxy groups -OCH3 is 1. The normalized spacial score (nSPS) is 15.6. The predicted octanol–water partition coefficient (Wildman–Crippen LogP) is 4.83. The first-order valence-corrected chi connectivity index (χ1v) is 12.8. The highest BCUT2D eigenvalue weighted by Crippen LogP contribution is 2.32. The van der Waals surface area contributed by atoms with E-state index in [9.17, 15) is 14.4 Å². The molecule has 1 aliphatic heterocycles. The maximum atomic E-state index is 13.0. The summed E-state index contributed by atoms with van der Waals surface area (Å²) in [6, 6.07) is 15.4. The summed E-state index contributed by atoms with van der Waals surface area (Å²) < 4.78 is 27.9.